The lowest BCUT2D eigenvalue weighted by molar-refractivity contribution is 0.0180. The molecule has 0 saturated heterocycles. The van der Waals surface area contributed by atoms with Crippen molar-refractivity contribution in [1.82, 2.24) is 4.90 Å². The fourth-order valence-corrected chi connectivity index (χ4v) is 1.49. The minimum Gasteiger partial charge on any atom is -0.444 e. The zero-order chi connectivity index (χ0) is 11.6. The van der Waals surface area contributed by atoms with Crippen molar-refractivity contribution in [3.8, 4) is 0 Å². The highest BCUT2D eigenvalue weighted by Crippen LogP contribution is 2.14. The van der Waals surface area contributed by atoms with Crippen LogP contribution in [0.25, 0.3) is 0 Å². The smallest absolute Gasteiger partial charge is 0.410 e. The average molecular weight is 213 g/mol. The van der Waals surface area contributed by atoms with Gasteiger partial charge in [-0.05, 0) is 27.7 Å². The van der Waals surface area contributed by atoms with Crippen LogP contribution in [0.3, 0.4) is 0 Å². The molecule has 1 heterocycles. The molecule has 0 aromatic rings. The van der Waals surface area contributed by atoms with E-state index in [1.807, 2.05) is 27.7 Å². The van der Waals surface area contributed by atoms with Gasteiger partial charge in [0, 0.05) is 6.54 Å². The summed E-state index contributed by atoms with van der Waals surface area (Å²) >= 11 is 0. The number of nitrogens with zero attached hydrogens (tertiary/aromatic N) is 1. The molecular weight excluding hydrogens is 194 g/mol. The van der Waals surface area contributed by atoms with Gasteiger partial charge in [0.1, 0.15) is 5.60 Å². The molecule has 0 aromatic heterocycles. The topological polar surface area (TPSA) is 49.8 Å². The first-order valence-electron chi connectivity index (χ1n) is 5.11. The maximum absolute atomic E-state index is 11.7. The van der Waals surface area contributed by atoms with Gasteiger partial charge in [-0.2, -0.15) is 0 Å². The van der Waals surface area contributed by atoms with Gasteiger partial charge in [0.25, 0.3) is 0 Å². The Kier molecular flexibility index (Phi) is 3.39. The molecule has 1 rings (SSSR count). The first-order chi connectivity index (χ1) is 6.78. The fourth-order valence-electron chi connectivity index (χ4n) is 1.49. The van der Waals surface area contributed by atoms with Crippen molar-refractivity contribution in [2.75, 3.05) is 13.1 Å². The molecule has 4 heteroatoms. The molecule has 86 valence electrons. The Hall–Kier alpha value is -1.03. The van der Waals surface area contributed by atoms with Crippen LogP contribution in [0.1, 0.15) is 27.7 Å². The summed E-state index contributed by atoms with van der Waals surface area (Å²) < 4.78 is 5.22. The Balaban J connectivity index is 2.59. The quantitative estimate of drug-likeness (QED) is 0.621. The molecule has 0 radical (unpaired) electrons. The summed E-state index contributed by atoms with van der Waals surface area (Å²) in [7, 11) is 0. The van der Waals surface area contributed by atoms with Crippen LogP contribution in [0.2, 0.25) is 0 Å². The number of hydrogen-bond acceptors (Lipinski definition) is 3. The molecule has 0 saturated carbocycles. The van der Waals surface area contributed by atoms with Gasteiger partial charge in [0.2, 0.25) is 0 Å². The van der Waals surface area contributed by atoms with Crippen molar-refractivity contribution in [2.45, 2.75) is 39.4 Å². The van der Waals surface area contributed by atoms with Crippen molar-refractivity contribution < 1.29 is 14.6 Å². The molecule has 0 spiro atoms. The summed E-state index contributed by atoms with van der Waals surface area (Å²) in [6, 6.07) is 0. The van der Waals surface area contributed by atoms with Crippen molar-refractivity contribution >= 4 is 6.09 Å². The van der Waals surface area contributed by atoms with Crippen LogP contribution in [0.4, 0.5) is 4.79 Å². The number of hydrogen-bond donors (Lipinski definition) is 1. The predicted molar refractivity (Wildman–Crippen MR) is 57.6 cm³/mol. The van der Waals surface area contributed by atoms with Crippen LogP contribution in [0.15, 0.2) is 11.6 Å². The molecule has 1 amide bonds. The van der Waals surface area contributed by atoms with Gasteiger partial charge >= 0.3 is 6.09 Å². The van der Waals surface area contributed by atoms with E-state index in [0.29, 0.717) is 13.1 Å². The van der Waals surface area contributed by atoms with Gasteiger partial charge < -0.3 is 14.7 Å². The summed E-state index contributed by atoms with van der Waals surface area (Å²) in [4.78, 5) is 13.2. The molecule has 4 nitrogen and oxygen atoms in total. The maximum Gasteiger partial charge on any atom is 0.410 e. The second kappa shape index (κ2) is 4.23. The standard InChI is InChI=1S/C11H19NO3/c1-8-5-9(13)7-12(6-8)10(14)15-11(2,3)4/h5,9,13H,6-7H2,1-4H3. The predicted octanol–water partition coefficient (Wildman–Crippen LogP) is 1.54. The van der Waals surface area contributed by atoms with Gasteiger partial charge in [0.15, 0.2) is 0 Å². The normalized spacial score (nSPS) is 22.3. The van der Waals surface area contributed by atoms with E-state index in [2.05, 4.69) is 0 Å². The lowest BCUT2D eigenvalue weighted by Crippen LogP contribution is -2.43. The molecule has 1 atom stereocenters. The van der Waals surface area contributed by atoms with Gasteiger partial charge in [-0.15, -0.1) is 0 Å². The van der Waals surface area contributed by atoms with E-state index >= 15 is 0 Å². The molecule has 0 aromatic carbocycles. The Labute approximate surface area is 90.5 Å². The number of β-amino-alcohol motifs (C(OH)–C–C–N with tert-alkyl or cyclic N) is 1. The molecular formula is C11H19NO3. The highest BCUT2D eigenvalue weighted by atomic mass is 16.6. The number of amides is 1. The summed E-state index contributed by atoms with van der Waals surface area (Å²) in [5, 5.41) is 9.47. The van der Waals surface area contributed by atoms with Crippen LogP contribution >= 0.6 is 0 Å². The van der Waals surface area contributed by atoms with Gasteiger partial charge in [-0.1, -0.05) is 11.6 Å². The zero-order valence-corrected chi connectivity index (χ0v) is 9.78. The number of aliphatic hydroxyl groups excluding tert-OH is 1. The monoisotopic (exact) mass is 213 g/mol. The van der Waals surface area contributed by atoms with E-state index in [-0.39, 0.29) is 6.09 Å². The van der Waals surface area contributed by atoms with Gasteiger partial charge in [-0.3, -0.25) is 0 Å². The van der Waals surface area contributed by atoms with E-state index in [9.17, 15) is 9.90 Å². The molecule has 0 aliphatic carbocycles. The second-order valence-electron chi connectivity index (χ2n) is 4.94. The molecule has 1 aliphatic rings. The molecule has 15 heavy (non-hydrogen) atoms. The van der Waals surface area contributed by atoms with E-state index in [1.165, 1.54) is 4.90 Å². The number of carbonyl (C=O) groups excluding carboxylic acids is 1. The maximum atomic E-state index is 11.7. The molecule has 1 aliphatic heterocycles. The van der Waals surface area contributed by atoms with Crippen LogP contribution in [0, 0.1) is 0 Å². The summed E-state index contributed by atoms with van der Waals surface area (Å²) in [5.41, 5.74) is 0.497. The third-order valence-corrected chi connectivity index (χ3v) is 1.98. The Morgan fingerprint density at radius 1 is 1.60 bits per heavy atom. The highest BCUT2D eigenvalue weighted by Gasteiger charge is 2.25. The first kappa shape index (κ1) is 12.0. The van der Waals surface area contributed by atoms with Crippen LogP contribution in [-0.4, -0.2) is 40.9 Å². The van der Waals surface area contributed by atoms with Crippen molar-refractivity contribution in [3.63, 3.8) is 0 Å². The Morgan fingerprint density at radius 2 is 2.20 bits per heavy atom. The molecule has 0 bridgehead atoms. The minimum absolute atomic E-state index is 0.312. The number of rotatable bonds is 0. The van der Waals surface area contributed by atoms with Crippen LogP contribution in [-0.2, 0) is 4.74 Å². The highest BCUT2D eigenvalue weighted by molar-refractivity contribution is 5.68. The SMILES string of the molecule is CC1=CC(O)CN(C(=O)OC(C)(C)C)C1. The Morgan fingerprint density at radius 3 is 2.67 bits per heavy atom. The fraction of sp³-hybridized carbons (Fsp3) is 0.727. The number of aliphatic hydroxyl groups is 1. The second-order valence-corrected chi connectivity index (χ2v) is 4.94. The lowest BCUT2D eigenvalue weighted by atomic mass is 10.1. The average Bonchev–Trinajstić information content (AvgIpc) is 1.98. The van der Waals surface area contributed by atoms with Crippen LogP contribution in [0.5, 0.6) is 0 Å². The molecule has 0 fully saturated rings. The number of carbonyl (C=O) groups is 1. The number of ether oxygens (including phenoxy) is 1. The van der Waals surface area contributed by atoms with E-state index < -0.39 is 11.7 Å². The van der Waals surface area contributed by atoms with Crippen molar-refractivity contribution in [3.05, 3.63) is 11.6 Å². The Bertz CT molecular complexity index is 278. The van der Waals surface area contributed by atoms with E-state index in [4.69, 9.17) is 4.74 Å². The summed E-state index contributed by atoms with van der Waals surface area (Å²) in [6.07, 6.45) is 0.821. The van der Waals surface area contributed by atoms with E-state index in [0.717, 1.165) is 5.57 Å². The molecule has 1 N–H and O–H groups in total. The summed E-state index contributed by atoms with van der Waals surface area (Å²) in [6.45, 7) is 8.22. The largest absolute Gasteiger partial charge is 0.444 e. The summed E-state index contributed by atoms with van der Waals surface area (Å²) in [5.74, 6) is 0. The zero-order valence-electron chi connectivity index (χ0n) is 9.78. The van der Waals surface area contributed by atoms with Crippen LogP contribution < -0.4 is 0 Å². The lowest BCUT2D eigenvalue weighted by Gasteiger charge is -2.31. The van der Waals surface area contributed by atoms with Crippen molar-refractivity contribution in [1.29, 1.82) is 0 Å². The molecule has 1 unspecified atom stereocenters. The third kappa shape index (κ3) is 3.91. The van der Waals surface area contributed by atoms with Gasteiger partial charge in [0.05, 0.1) is 12.6 Å². The van der Waals surface area contributed by atoms with Gasteiger partial charge in [-0.25, -0.2) is 4.79 Å². The third-order valence-electron chi connectivity index (χ3n) is 1.98. The first-order valence-corrected chi connectivity index (χ1v) is 5.11. The van der Waals surface area contributed by atoms with Crippen molar-refractivity contribution in [2.24, 2.45) is 0 Å². The minimum atomic E-state index is -0.578. The van der Waals surface area contributed by atoms with E-state index in [1.54, 1.807) is 6.08 Å².